The van der Waals surface area contributed by atoms with Crippen molar-refractivity contribution in [2.45, 2.75) is 6.92 Å². The van der Waals surface area contributed by atoms with E-state index in [4.69, 9.17) is 4.74 Å². The molecule has 0 saturated heterocycles. The summed E-state index contributed by atoms with van der Waals surface area (Å²) < 4.78 is 5.23. The smallest absolute Gasteiger partial charge is 0.155 e. The van der Waals surface area contributed by atoms with Crippen molar-refractivity contribution < 1.29 is 4.74 Å². The van der Waals surface area contributed by atoms with Crippen LogP contribution in [0.25, 0.3) is 22.5 Å². The van der Waals surface area contributed by atoms with Gasteiger partial charge in [-0.05, 0) is 35.7 Å². The molecule has 4 heteroatoms. The molecule has 0 spiro atoms. The van der Waals surface area contributed by atoms with E-state index in [1.165, 1.54) is 23.0 Å². The fraction of sp³-hybridized carbons (Fsp3) is 0.125. The molecule has 4 nitrogen and oxygen atoms in total. The SMILES string of the molecule is COc1ccc(-c2ccc(-c3ncn[nH]3)cc2)c(C)c1. The zero-order valence-electron chi connectivity index (χ0n) is 11.4. The highest BCUT2D eigenvalue weighted by molar-refractivity contribution is 5.70. The van der Waals surface area contributed by atoms with Crippen LogP contribution >= 0.6 is 0 Å². The maximum atomic E-state index is 5.23. The summed E-state index contributed by atoms with van der Waals surface area (Å²) >= 11 is 0. The number of rotatable bonds is 3. The fourth-order valence-electron chi connectivity index (χ4n) is 2.24. The van der Waals surface area contributed by atoms with Gasteiger partial charge in [0.15, 0.2) is 5.82 Å². The van der Waals surface area contributed by atoms with Gasteiger partial charge in [-0.15, -0.1) is 0 Å². The van der Waals surface area contributed by atoms with Crippen molar-refractivity contribution in [1.82, 2.24) is 15.2 Å². The molecule has 0 amide bonds. The minimum absolute atomic E-state index is 0.781. The van der Waals surface area contributed by atoms with E-state index in [2.05, 4.69) is 40.3 Å². The molecule has 0 unspecified atom stereocenters. The van der Waals surface area contributed by atoms with Gasteiger partial charge in [0.2, 0.25) is 0 Å². The molecular weight excluding hydrogens is 250 g/mol. The average Bonchev–Trinajstić information content (AvgIpc) is 3.01. The molecule has 3 rings (SSSR count). The predicted octanol–water partition coefficient (Wildman–Crippen LogP) is 3.46. The minimum Gasteiger partial charge on any atom is -0.497 e. The Kier molecular flexibility index (Phi) is 3.21. The third-order valence-electron chi connectivity index (χ3n) is 3.32. The molecule has 1 aromatic heterocycles. The molecule has 1 heterocycles. The Bertz CT molecular complexity index is 703. The first-order valence-electron chi connectivity index (χ1n) is 6.39. The van der Waals surface area contributed by atoms with E-state index < -0.39 is 0 Å². The topological polar surface area (TPSA) is 50.8 Å². The van der Waals surface area contributed by atoms with E-state index in [9.17, 15) is 0 Å². The van der Waals surface area contributed by atoms with Gasteiger partial charge >= 0.3 is 0 Å². The summed E-state index contributed by atoms with van der Waals surface area (Å²) in [6.07, 6.45) is 1.51. The van der Waals surface area contributed by atoms with Crippen LogP contribution in [0.15, 0.2) is 48.8 Å². The van der Waals surface area contributed by atoms with E-state index in [1.807, 2.05) is 24.3 Å². The Morgan fingerprint density at radius 2 is 1.75 bits per heavy atom. The number of H-pyrrole nitrogens is 1. The van der Waals surface area contributed by atoms with Gasteiger partial charge in [-0.2, -0.15) is 5.10 Å². The van der Waals surface area contributed by atoms with Gasteiger partial charge in [0.1, 0.15) is 12.1 Å². The minimum atomic E-state index is 0.781. The van der Waals surface area contributed by atoms with Crippen LogP contribution in [0.3, 0.4) is 0 Å². The number of hydrogen-bond donors (Lipinski definition) is 1. The predicted molar refractivity (Wildman–Crippen MR) is 78.5 cm³/mol. The molecule has 20 heavy (non-hydrogen) atoms. The molecular formula is C16H15N3O. The van der Waals surface area contributed by atoms with Crippen LogP contribution in [0.2, 0.25) is 0 Å². The van der Waals surface area contributed by atoms with Crippen molar-refractivity contribution in [3.05, 3.63) is 54.4 Å². The van der Waals surface area contributed by atoms with E-state index in [-0.39, 0.29) is 0 Å². The summed E-state index contributed by atoms with van der Waals surface area (Å²) in [4.78, 5) is 4.15. The van der Waals surface area contributed by atoms with Gasteiger partial charge in [-0.1, -0.05) is 30.3 Å². The van der Waals surface area contributed by atoms with E-state index in [1.54, 1.807) is 7.11 Å². The van der Waals surface area contributed by atoms with Crippen LogP contribution < -0.4 is 4.74 Å². The van der Waals surface area contributed by atoms with Crippen molar-refractivity contribution in [3.8, 4) is 28.3 Å². The standard InChI is InChI=1S/C16H15N3O/c1-11-9-14(20-2)7-8-15(11)12-3-5-13(6-4-12)16-17-10-18-19-16/h3-10H,1-2H3,(H,17,18,19). The van der Waals surface area contributed by atoms with Crippen LogP contribution in [0.4, 0.5) is 0 Å². The van der Waals surface area contributed by atoms with Gasteiger partial charge in [-0.3, -0.25) is 5.10 Å². The van der Waals surface area contributed by atoms with Crippen molar-refractivity contribution in [2.24, 2.45) is 0 Å². The highest BCUT2D eigenvalue weighted by Crippen LogP contribution is 2.28. The Hall–Kier alpha value is -2.62. The number of ether oxygens (including phenoxy) is 1. The van der Waals surface area contributed by atoms with Gasteiger partial charge < -0.3 is 4.74 Å². The van der Waals surface area contributed by atoms with Crippen molar-refractivity contribution >= 4 is 0 Å². The molecule has 3 aromatic rings. The second-order valence-electron chi connectivity index (χ2n) is 4.59. The van der Waals surface area contributed by atoms with E-state index in [0.29, 0.717) is 0 Å². The molecule has 0 radical (unpaired) electrons. The number of hydrogen-bond acceptors (Lipinski definition) is 3. The monoisotopic (exact) mass is 265 g/mol. The Morgan fingerprint density at radius 3 is 2.35 bits per heavy atom. The molecule has 0 atom stereocenters. The molecule has 100 valence electrons. The first-order chi connectivity index (χ1) is 9.78. The van der Waals surface area contributed by atoms with Crippen LogP contribution in [-0.4, -0.2) is 22.3 Å². The van der Waals surface area contributed by atoms with Gasteiger partial charge in [0.25, 0.3) is 0 Å². The molecule has 0 aliphatic rings. The quantitative estimate of drug-likeness (QED) is 0.789. The zero-order chi connectivity index (χ0) is 13.9. The summed E-state index contributed by atoms with van der Waals surface area (Å²) in [7, 11) is 1.68. The van der Waals surface area contributed by atoms with Crippen molar-refractivity contribution in [2.75, 3.05) is 7.11 Å². The lowest BCUT2D eigenvalue weighted by molar-refractivity contribution is 0.414. The molecule has 0 fully saturated rings. The van der Waals surface area contributed by atoms with Gasteiger partial charge in [-0.25, -0.2) is 4.98 Å². The zero-order valence-corrected chi connectivity index (χ0v) is 11.4. The lowest BCUT2D eigenvalue weighted by Gasteiger charge is -2.08. The second kappa shape index (κ2) is 5.17. The number of methoxy groups -OCH3 is 1. The summed E-state index contributed by atoms with van der Waals surface area (Å²) in [5, 5.41) is 6.72. The molecule has 0 aliphatic heterocycles. The average molecular weight is 265 g/mol. The lowest BCUT2D eigenvalue weighted by Crippen LogP contribution is -1.88. The molecule has 2 aromatic carbocycles. The fourth-order valence-corrected chi connectivity index (χ4v) is 2.24. The Labute approximate surface area is 117 Å². The lowest BCUT2D eigenvalue weighted by atomic mass is 9.99. The van der Waals surface area contributed by atoms with Crippen LogP contribution in [0.1, 0.15) is 5.56 Å². The van der Waals surface area contributed by atoms with Gasteiger partial charge in [0.05, 0.1) is 7.11 Å². The summed E-state index contributed by atoms with van der Waals surface area (Å²) in [6.45, 7) is 2.09. The Balaban J connectivity index is 1.95. The number of nitrogens with one attached hydrogen (secondary N) is 1. The van der Waals surface area contributed by atoms with Crippen LogP contribution in [0, 0.1) is 6.92 Å². The number of aromatic amines is 1. The Morgan fingerprint density at radius 1 is 1.00 bits per heavy atom. The summed E-state index contributed by atoms with van der Waals surface area (Å²) in [6, 6.07) is 14.4. The normalized spacial score (nSPS) is 10.5. The molecule has 1 N–H and O–H groups in total. The number of nitrogens with zero attached hydrogens (tertiary/aromatic N) is 2. The van der Waals surface area contributed by atoms with Gasteiger partial charge in [0, 0.05) is 5.56 Å². The third-order valence-corrected chi connectivity index (χ3v) is 3.32. The maximum absolute atomic E-state index is 5.23. The highest BCUT2D eigenvalue weighted by Gasteiger charge is 2.05. The largest absolute Gasteiger partial charge is 0.497 e. The van der Waals surface area contributed by atoms with Crippen molar-refractivity contribution in [1.29, 1.82) is 0 Å². The molecule has 0 bridgehead atoms. The molecule has 0 saturated carbocycles. The first kappa shape index (κ1) is 12.4. The first-order valence-corrected chi connectivity index (χ1v) is 6.39. The maximum Gasteiger partial charge on any atom is 0.155 e. The van der Waals surface area contributed by atoms with Crippen LogP contribution in [0.5, 0.6) is 5.75 Å². The third kappa shape index (κ3) is 2.28. The molecule has 0 aliphatic carbocycles. The number of aryl methyl sites for hydroxylation is 1. The van der Waals surface area contributed by atoms with E-state index >= 15 is 0 Å². The highest BCUT2D eigenvalue weighted by atomic mass is 16.5. The second-order valence-corrected chi connectivity index (χ2v) is 4.59. The van der Waals surface area contributed by atoms with E-state index in [0.717, 1.165) is 17.1 Å². The summed E-state index contributed by atoms with van der Waals surface area (Å²) in [5.41, 5.74) is 4.59. The van der Waals surface area contributed by atoms with Crippen molar-refractivity contribution in [3.63, 3.8) is 0 Å². The number of benzene rings is 2. The summed E-state index contributed by atoms with van der Waals surface area (Å²) in [5.74, 6) is 1.66. The number of aromatic nitrogens is 3. The van der Waals surface area contributed by atoms with Crippen LogP contribution in [-0.2, 0) is 0 Å².